The van der Waals surface area contributed by atoms with Crippen LogP contribution < -0.4 is 5.46 Å². The van der Waals surface area contributed by atoms with Crippen LogP contribution in [-0.4, -0.2) is 48.9 Å². The van der Waals surface area contributed by atoms with Crippen molar-refractivity contribution in [3.05, 3.63) is 29.6 Å². The van der Waals surface area contributed by atoms with E-state index in [2.05, 4.69) is 0 Å². The van der Waals surface area contributed by atoms with Crippen molar-refractivity contribution in [2.45, 2.75) is 19.4 Å². The van der Waals surface area contributed by atoms with E-state index in [0.29, 0.717) is 18.7 Å². The van der Waals surface area contributed by atoms with Gasteiger partial charge in [0.05, 0.1) is 6.61 Å². The maximum Gasteiger partial charge on any atom is 0.488 e. The van der Waals surface area contributed by atoms with Gasteiger partial charge >= 0.3 is 7.12 Å². The Morgan fingerprint density at radius 2 is 2.15 bits per heavy atom. The summed E-state index contributed by atoms with van der Waals surface area (Å²) in [5, 5.41) is 18.0. The van der Waals surface area contributed by atoms with Gasteiger partial charge in [-0.2, -0.15) is 0 Å². The van der Waals surface area contributed by atoms with E-state index in [0.717, 1.165) is 25.1 Å². The summed E-state index contributed by atoms with van der Waals surface area (Å²) in [6, 6.07) is 4.28. The molecule has 6 heteroatoms. The number of rotatable bonds is 8. The molecule has 2 rings (SSSR count). The van der Waals surface area contributed by atoms with Crippen molar-refractivity contribution >= 4 is 12.6 Å². The van der Waals surface area contributed by atoms with Crippen LogP contribution in [-0.2, 0) is 11.3 Å². The summed E-state index contributed by atoms with van der Waals surface area (Å²) < 4.78 is 19.3. The van der Waals surface area contributed by atoms with Crippen LogP contribution in [0.1, 0.15) is 18.4 Å². The number of hydrogen-bond acceptors (Lipinski definition) is 4. The smallest absolute Gasteiger partial charge is 0.423 e. The standard InChI is InChI=1S/C14H21BFNO3/c1-17(6-7-20-10-11-2-3-11)9-12-4-5-13(15(18)19)8-14(12)16/h4-5,8,11,18-19H,2-3,6-7,9-10H2,1H3. The van der Waals surface area contributed by atoms with Gasteiger partial charge in [-0.3, -0.25) is 4.90 Å². The van der Waals surface area contributed by atoms with Gasteiger partial charge in [0, 0.05) is 25.3 Å². The topological polar surface area (TPSA) is 52.9 Å². The molecule has 1 aromatic carbocycles. The summed E-state index contributed by atoms with van der Waals surface area (Å²) >= 11 is 0. The zero-order valence-corrected chi connectivity index (χ0v) is 11.8. The highest BCUT2D eigenvalue weighted by Gasteiger charge is 2.21. The van der Waals surface area contributed by atoms with Crippen molar-refractivity contribution in [3.63, 3.8) is 0 Å². The minimum Gasteiger partial charge on any atom is -0.423 e. The fourth-order valence-corrected chi connectivity index (χ4v) is 1.98. The number of nitrogens with zero attached hydrogens (tertiary/aromatic N) is 1. The molecule has 4 nitrogen and oxygen atoms in total. The first-order valence-corrected chi connectivity index (χ1v) is 6.97. The minimum atomic E-state index is -1.63. The van der Waals surface area contributed by atoms with Crippen molar-refractivity contribution in [2.75, 3.05) is 26.8 Å². The third-order valence-corrected chi connectivity index (χ3v) is 3.48. The number of hydrogen-bond donors (Lipinski definition) is 2. The molecule has 0 unspecified atom stereocenters. The second kappa shape index (κ2) is 7.17. The molecule has 20 heavy (non-hydrogen) atoms. The predicted octanol–water partition coefficient (Wildman–Crippen LogP) is 0.364. The average Bonchev–Trinajstić information content (AvgIpc) is 3.21. The van der Waals surface area contributed by atoms with Crippen molar-refractivity contribution in [3.8, 4) is 0 Å². The first-order valence-electron chi connectivity index (χ1n) is 6.97. The highest BCUT2D eigenvalue weighted by atomic mass is 19.1. The van der Waals surface area contributed by atoms with Gasteiger partial charge in [0.2, 0.25) is 0 Å². The molecule has 0 aromatic heterocycles. The molecule has 110 valence electrons. The zero-order chi connectivity index (χ0) is 14.5. The van der Waals surface area contributed by atoms with Crippen molar-refractivity contribution in [2.24, 2.45) is 5.92 Å². The first kappa shape index (κ1) is 15.4. The molecule has 0 spiro atoms. The summed E-state index contributed by atoms with van der Waals surface area (Å²) in [5.41, 5.74) is 0.709. The third kappa shape index (κ3) is 4.87. The van der Waals surface area contributed by atoms with Gasteiger partial charge in [0.1, 0.15) is 5.82 Å². The average molecular weight is 281 g/mol. The quantitative estimate of drug-likeness (QED) is 0.534. The summed E-state index contributed by atoms with van der Waals surface area (Å²) in [5.74, 6) is 0.344. The SMILES string of the molecule is CN(CCOCC1CC1)Cc1ccc(B(O)O)cc1F. The van der Waals surface area contributed by atoms with Crippen LogP contribution in [0.2, 0.25) is 0 Å². The summed E-state index contributed by atoms with van der Waals surface area (Å²) in [4.78, 5) is 1.99. The lowest BCUT2D eigenvalue weighted by Crippen LogP contribution is -2.30. The molecule has 0 bridgehead atoms. The Labute approximate surface area is 119 Å². The summed E-state index contributed by atoms with van der Waals surface area (Å²) in [6.07, 6.45) is 2.56. The molecule has 0 saturated heterocycles. The van der Waals surface area contributed by atoms with E-state index < -0.39 is 12.9 Å². The fourth-order valence-electron chi connectivity index (χ4n) is 1.98. The monoisotopic (exact) mass is 281 g/mol. The maximum absolute atomic E-state index is 13.8. The van der Waals surface area contributed by atoms with Crippen LogP contribution in [0.3, 0.4) is 0 Å². The Morgan fingerprint density at radius 3 is 2.75 bits per heavy atom. The number of ether oxygens (including phenoxy) is 1. The molecule has 2 N–H and O–H groups in total. The normalized spacial score (nSPS) is 14.8. The molecule has 1 aromatic rings. The summed E-state index contributed by atoms with van der Waals surface area (Å²) in [6.45, 7) is 2.71. The van der Waals surface area contributed by atoms with Crippen LogP contribution in [0.25, 0.3) is 0 Å². The number of benzene rings is 1. The van der Waals surface area contributed by atoms with Crippen LogP contribution in [0, 0.1) is 11.7 Å². The van der Waals surface area contributed by atoms with Gasteiger partial charge in [-0.25, -0.2) is 4.39 Å². The van der Waals surface area contributed by atoms with Gasteiger partial charge in [0.25, 0.3) is 0 Å². The van der Waals surface area contributed by atoms with E-state index in [1.54, 1.807) is 6.07 Å². The van der Waals surface area contributed by atoms with Crippen LogP contribution in [0.15, 0.2) is 18.2 Å². The van der Waals surface area contributed by atoms with Crippen LogP contribution in [0.5, 0.6) is 0 Å². The van der Waals surface area contributed by atoms with Crippen LogP contribution in [0.4, 0.5) is 4.39 Å². The van der Waals surface area contributed by atoms with E-state index in [9.17, 15) is 4.39 Å². The lowest BCUT2D eigenvalue weighted by atomic mass is 9.80. The Hall–Kier alpha value is -0.945. The minimum absolute atomic E-state index is 0.168. The molecule has 0 heterocycles. The van der Waals surface area contributed by atoms with Gasteiger partial charge in [-0.1, -0.05) is 12.1 Å². The van der Waals surface area contributed by atoms with Crippen LogP contribution >= 0.6 is 0 Å². The van der Waals surface area contributed by atoms with Gasteiger partial charge in [-0.15, -0.1) is 0 Å². The zero-order valence-electron chi connectivity index (χ0n) is 11.8. The van der Waals surface area contributed by atoms with E-state index in [1.165, 1.54) is 18.9 Å². The first-order chi connectivity index (χ1) is 9.56. The molecule has 1 aliphatic carbocycles. The molecular weight excluding hydrogens is 260 g/mol. The second-order valence-electron chi connectivity index (χ2n) is 5.48. The largest absolute Gasteiger partial charge is 0.488 e. The molecular formula is C14H21BFNO3. The Kier molecular flexibility index (Phi) is 5.54. The third-order valence-electron chi connectivity index (χ3n) is 3.48. The molecule has 1 aliphatic rings. The molecule has 0 aliphatic heterocycles. The molecule has 0 atom stereocenters. The maximum atomic E-state index is 13.8. The molecule has 0 amide bonds. The van der Waals surface area contributed by atoms with Gasteiger partial charge in [-0.05, 0) is 37.3 Å². The van der Waals surface area contributed by atoms with Gasteiger partial charge < -0.3 is 14.8 Å². The van der Waals surface area contributed by atoms with Gasteiger partial charge in [0.15, 0.2) is 0 Å². The molecule has 1 fully saturated rings. The number of likely N-dealkylation sites (N-methyl/N-ethyl adjacent to an activating group) is 1. The van der Waals surface area contributed by atoms with Crippen molar-refractivity contribution in [1.82, 2.24) is 4.90 Å². The van der Waals surface area contributed by atoms with Crippen molar-refractivity contribution in [1.29, 1.82) is 0 Å². The second-order valence-corrected chi connectivity index (χ2v) is 5.48. The highest BCUT2D eigenvalue weighted by molar-refractivity contribution is 6.58. The lowest BCUT2D eigenvalue weighted by molar-refractivity contribution is 0.101. The lowest BCUT2D eigenvalue weighted by Gasteiger charge is -2.17. The van der Waals surface area contributed by atoms with E-state index >= 15 is 0 Å². The van der Waals surface area contributed by atoms with E-state index in [-0.39, 0.29) is 5.46 Å². The Morgan fingerprint density at radius 1 is 1.40 bits per heavy atom. The number of halogens is 1. The molecule has 1 saturated carbocycles. The fraction of sp³-hybridized carbons (Fsp3) is 0.571. The Bertz CT molecular complexity index is 440. The van der Waals surface area contributed by atoms with Crippen molar-refractivity contribution < 1.29 is 19.2 Å². The Balaban J connectivity index is 1.76. The summed E-state index contributed by atoms with van der Waals surface area (Å²) in [7, 11) is 0.279. The van der Waals surface area contributed by atoms with E-state index in [1.807, 2.05) is 11.9 Å². The molecule has 0 radical (unpaired) electrons. The highest BCUT2D eigenvalue weighted by Crippen LogP contribution is 2.28. The predicted molar refractivity (Wildman–Crippen MR) is 76.1 cm³/mol. The van der Waals surface area contributed by atoms with E-state index in [4.69, 9.17) is 14.8 Å².